The largest absolute Gasteiger partial charge is 0.460 e. The van der Waals surface area contributed by atoms with Gasteiger partial charge in [-0.1, -0.05) is 0 Å². The highest BCUT2D eigenvalue weighted by molar-refractivity contribution is 5.89. The molecule has 1 unspecified atom stereocenters. The number of hydrogen-bond donors (Lipinski definition) is 0. The van der Waals surface area contributed by atoms with Crippen molar-refractivity contribution in [3.8, 4) is 0 Å². The second-order valence-electron chi connectivity index (χ2n) is 3.42. The summed E-state index contributed by atoms with van der Waals surface area (Å²) in [5, 5.41) is 0. The summed E-state index contributed by atoms with van der Waals surface area (Å²) < 4.78 is 34.3. The van der Waals surface area contributed by atoms with Gasteiger partial charge in [0.1, 0.15) is 0 Å². The molecule has 1 rings (SSSR count). The van der Waals surface area contributed by atoms with Crippen LogP contribution in [0.4, 0.5) is 8.78 Å². The van der Waals surface area contributed by atoms with E-state index in [9.17, 15) is 18.4 Å². The van der Waals surface area contributed by atoms with E-state index in [1.165, 1.54) is 0 Å². The Balaban J connectivity index is 2.71. The van der Waals surface area contributed by atoms with Crippen LogP contribution in [0.1, 0.15) is 20.3 Å². The summed E-state index contributed by atoms with van der Waals surface area (Å²) in [5.74, 6) is -5.97. The van der Waals surface area contributed by atoms with Crippen LogP contribution in [-0.4, -0.2) is 24.5 Å². The van der Waals surface area contributed by atoms with Crippen LogP contribution in [0.25, 0.3) is 0 Å². The third kappa shape index (κ3) is 3.29. The molecule has 16 heavy (non-hydrogen) atoms. The zero-order chi connectivity index (χ0) is 12.3. The van der Waals surface area contributed by atoms with E-state index in [1.807, 2.05) is 0 Å². The SMILES string of the molecule is CCOC(=O)/C(=C/C1CC1(F)F)OC(C)=O. The van der Waals surface area contributed by atoms with Crippen LogP contribution in [0, 0.1) is 5.92 Å². The zero-order valence-electron chi connectivity index (χ0n) is 8.96. The topological polar surface area (TPSA) is 52.6 Å². The first-order chi connectivity index (χ1) is 7.36. The van der Waals surface area contributed by atoms with E-state index in [1.54, 1.807) is 6.92 Å². The van der Waals surface area contributed by atoms with Gasteiger partial charge in [0.05, 0.1) is 12.5 Å². The minimum Gasteiger partial charge on any atom is -0.460 e. The Morgan fingerprint density at radius 2 is 2.06 bits per heavy atom. The van der Waals surface area contributed by atoms with Gasteiger partial charge in [0.2, 0.25) is 5.76 Å². The van der Waals surface area contributed by atoms with E-state index in [4.69, 9.17) is 0 Å². The Morgan fingerprint density at radius 1 is 1.50 bits per heavy atom. The second-order valence-corrected chi connectivity index (χ2v) is 3.42. The molecule has 90 valence electrons. The minimum absolute atomic E-state index is 0.0818. The molecular formula is C10H12F2O4. The molecule has 1 saturated carbocycles. The predicted octanol–water partition coefficient (Wildman–Crippen LogP) is 1.65. The molecule has 0 N–H and O–H groups in total. The summed E-state index contributed by atoms with van der Waals surface area (Å²) >= 11 is 0. The maximum atomic E-state index is 12.6. The average Bonchev–Trinajstić information content (AvgIpc) is 2.72. The van der Waals surface area contributed by atoms with Gasteiger partial charge in [-0.2, -0.15) is 0 Å². The van der Waals surface area contributed by atoms with E-state index < -0.39 is 29.5 Å². The molecule has 0 bridgehead atoms. The Morgan fingerprint density at radius 3 is 2.44 bits per heavy atom. The number of allylic oxidation sites excluding steroid dienone is 1. The monoisotopic (exact) mass is 234 g/mol. The minimum atomic E-state index is -2.81. The van der Waals surface area contributed by atoms with Crippen molar-refractivity contribution < 1.29 is 27.8 Å². The Bertz CT molecular complexity index is 336. The molecule has 0 aromatic rings. The summed E-state index contributed by atoms with van der Waals surface area (Å²) in [7, 11) is 0. The highest BCUT2D eigenvalue weighted by atomic mass is 19.3. The van der Waals surface area contributed by atoms with Crippen molar-refractivity contribution in [1.29, 1.82) is 0 Å². The molecule has 0 aliphatic heterocycles. The van der Waals surface area contributed by atoms with Crippen molar-refractivity contribution >= 4 is 11.9 Å². The van der Waals surface area contributed by atoms with Crippen molar-refractivity contribution in [2.24, 2.45) is 5.92 Å². The van der Waals surface area contributed by atoms with Gasteiger partial charge in [0, 0.05) is 13.3 Å². The van der Waals surface area contributed by atoms with Gasteiger partial charge in [0.15, 0.2) is 0 Å². The predicted molar refractivity (Wildman–Crippen MR) is 49.5 cm³/mol. The van der Waals surface area contributed by atoms with E-state index in [0.717, 1.165) is 13.0 Å². The highest BCUT2D eigenvalue weighted by Gasteiger charge is 2.56. The van der Waals surface area contributed by atoms with Gasteiger partial charge in [-0.3, -0.25) is 4.79 Å². The molecule has 1 atom stereocenters. The third-order valence-electron chi connectivity index (χ3n) is 1.96. The normalized spacial score (nSPS) is 22.5. The van der Waals surface area contributed by atoms with Gasteiger partial charge in [-0.25, -0.2) is 13.6 Å². The van der Waals surface area contributed by atoms with Crippen LogP contribution in [-0.2, 0) is 19.1 Å². The van der Waals surface area contributed by atoms with Gasteiger partial charge in [-0.15, -0.1) is 0 Å². The molecule has 1 aliphatic carbocycles. The van der Waals surface area contributed by atoms with Crippen molar-refractivity contribution in [2.45, 2.75) is 26.2 Å². The Labute approximate surface area is 91.2 Å². The molecule has 6 heteroatoms. The van der Waals surface area contributed by atoms with Crippen LogP contribution in [0.15, 0.2) is 11.8 Å². The average molecular weight is 234 g/mol. The first-order valence-electron chi connectivity index (χ1n) is 4.82. The Hall–Kier alpha value is -1.46. The van der Waals surface area contributed by atoms with E-state index >= 15 is 0 Å². The van der Waals surface area contributed by atoms with Gasteiger partial charge < -0.3 is 9.47 Å². The molecule has 0 amide bonds. The number of alkyl halides is 2. The number of carbonyl (C=O) groups is 2. The molecule has 0 radical (unpaired) electrons. The van der Waals surface area contributed by atoms with Crippen LogP contribution >= 0.6 is 0 Å². The lowest BCUT2D eigenvalue weighted by molar-refractivity contribution is -0.150. The van der Waals surface area contributed by atoms with Crippen molar-refractivity contribution in [3.05, 3.63) is 11.8 Å². The quantitative estimate of drug-likeness (QED) is 0.421. The number of rotatable bonds is 4. The Kier molecular flexibility index (Phi) is 3.62. The standard InChI is InChI=1S/C10H12F2O4/c1-3-15-9(14)8(16-6(2)13)4-7-5-10(7,11)12/h4,7H,3,5H2,1-2H3/b8-4-. The molecular weight excluding hydrogens is 222 g/mol. The fraction of sp³-hybridized carbons (Fsp3) is 0.600. The lowest BCUT2D eigenvalue weighted by Crippen LogP contribution is -2.13. The fourth-order valence-electron chi connectivity index (χ4n) is 1.10. The molecule has 0 aromatic heterocycles. The van der Waals surface area contributed by atoms with Gasteiger partial charge in [-0.05, 0) is 13.0 Å². The summed E-state index contributed by atoms with van der Waals surface area (Å²) in [6.45, 7) is 2.73. The van der Waals surface area contributed by atoms with E-state index in [0.29, 0.717) is 0 Å². The molecule has 0 heterocycles. The molecule has 1 fully saturated rings. The van der Waals surface area contributed by atoms with Crippen molar-refractivity contribution in [2.75, 3.05) is 6.61 Å². The number of hydrogen-bond acceptors (Lipinski definition) is 4. The first kappa shape index (κ1) is 12.6. The van der Waals surface area contributed by atoms with Crippen LogP contribution in [0.5, 0.6) is 0 Å². The summed E-state index contributed by atoms with van der Waals surface area (Å²) in [6.07, 6.45) is 0.608. The van der Waals surface area contributed by atoms with Gasteiger partial charge >= 0.3 is 11.9 Å². The fourth-order valence-corrected chi connectivity index (χ4v) is 1.10. The molecule has 0 saturated heterocycles. The third-order valence-corrected chi connectivity index (χ3v) is 1.96. The highest BCUT2D eigenvalue weighted by Crippen LogP contribution is 2.49. The maximum Gasteiger partial charge on any atom is 0.374 e. The molecule has 1 aliphatic rings. The lowest BCUT2D eigenvalue weighted by atomic mass is 10.3. The summed E-state index contributed by atoms with van der Waals surface area (Å²) in [6, 6.07) is 0. The molecule has 0 aromatic carbocycles. The molecule has 4 nitrogen and oxygen atoms in total. The maximum absolute atomic E-state index is 12.6. The molecule has 0 spiro atoms. The lowest BCUT2D eigenvalue weighted by Gasteiger charge is -2.05. The smallest absolute Gasteiger partial charge is 0.374 e. The summed E-state index contributed by atoms with van der Waals surface area (Å²) in [4.78, 5) is 21.9. The van der Waals surface area contributed by atoms with Gasteiger partial charge in [0.25, 0.3) is 5.92 Å². The summed E-state index contributed by atoms with van der Waals surface area (Å²) in [5.41, 5.74) is 0. The second kappa shape index (κ2) is 4.59. The van der Waals surface area contributed by atoms with Crippen molar-refractivity contribution in [3.63, 3.8) is 0 Å². The van der Waals surface area contributed by atoms with Crippen molar-refractivity contribution in [1.82, 2.24) is 0 Å². The number of ether oxygens (including phenoxy) is 2. The van der Waals surface area contributed by atoms with Crippen LogP contribution in [0.2, 0.25) is 0 Å². The number of halogens is 2. The van der Waals surface area contributed by atoms with Crippen LogP contribution in [0.3, 0.4) is 0 Å². The number of carbonyl (C=O) groups excluding carboxylic acids is 2. The van der Waals surface area contributed by atoms with Crippen LogP contribution < -0.4 is 0 Å². The zero-order valence-corrected chi connectivity index (χ0v) is 8.96. The number of esters is 2. The van der Waals surface area contributed by atoms with E-state index in [2.05, 4.69) is 9.47 Å². The first-order valence-corrected chi connectivity index (χ1v) is 4.82. The van der Waals surface area contributed by atoms with E-state index in [-0.39, 0.29) is 13.0 Å².